The minimum atomic E-state index is -0.120. The van der Waals surface area contributed by atoms with E-state index in [4.69, 9.17) is 4.98 Å². The average molecular weight is 807 g/mol. The van der Waals surface area contributed by atoms with E-state index in [1.165, 1.54) is 77.5 Å². The summed E-state index contributed by atoms with van der Waals surface area (Å²) in [7, 11) is 0. The fourth-order valence-electron chi connectivity index (χ4n) is 10.8. The first kappa shape index (κ1) is 37.2. The molecule has 2 nitrogen and oxygen atoms in total. The Bertz CT molecular complexity index is 3350. The minimum Gasteiger partial charge on any atom is -0.310 e. The van der Waals surface area contributed by atoms with Crippen molar-refractivity contribution in [3.8, 4) is 55.8 Å². The summed E-state index contributed by atoms with van der Waals surface area (Å²) in [6, 6.07) is 76.0. The van der Waals surface area contributed by atoms with Crippen LogP contribution in [-0.4, -0.2) is 4.98 Å². The van der Waals surface area contributed by atoms with Crippen LogP contribution in [0, 0.1) is 0 Å². The molecular formula is C61H46N2. The van der Waals surface area contributed by atoms with Crippen molar-refractivity contribution >= 4 is 38.7 Å². The minimum absolute atomic E-state index is 0.120. The van der Waals surface area contributed by atoms with Gasteiger partial charge in [-0.1, -0.05) is 179 Å². The van der Waals surface area contributed by atoms with Gasteiger partial charge in [-0.2, -0.15) is 0 Å². The van der Waals surface area contributed by atoms with Gasteiger partial charge in [0.1, 0.15) is 0 Å². The second kappa shape index (κ2) is 14.0. The van der Waals surface area contributed by atoms with Crippen LogP contribution < -0.4 is 4.90 Å². The van der Waals surface area contributed by atoms with E-state index in [2.05, 4.69) is 239 Å². The van der Waals surface area contributed by atoms with Crippen LogP contribution in [0.1, 0.15) is 49.9 Å². The highest BCUT2D eigenvalue weighted by atomic mass is 15.1. The summed E-state index contributed by atoms with van der Waals surface area (Å²) < 4.78 is 0. The molecule has 2 aliphatic rings. The average Bonchev–Trinajstić information content (AvgIpc) is 3.70. The van der Waals surface area contributed by atoms with E-state index in [1.807, 2.05) is 0 Å². The van der Waals surface area contributed by atoms with Crippen LogP contribution in [0.25, 0.3) is 77.4 Å². The molecule has 12 rings (SSSR count). The number of nitrogens with zero attached hydrogens (tertiary/aromatic N) is 2. The van der Waals surface area contributed by atoms with Crippen LogP contribution in [0.3, 0.4) is 0 Å². The lowest BCUT2D eigenvalue weighted by Crippen LogP contribution is -2.18. The van der Waals surface area contributed by atoms with Crippen molar-refractivity contribution < 1.29 is 0 Å². The molecule has 0 aliphatic heterocycles. The molecule has 0 bridgehead atoms. The van der Waals surface area contributed by atoms with E-state index in [9.17, 15) is 0 Å². The number of pyridine rings is 1. The highest BCUT2D eigenvalue weighted by Gasteiger charge is 2.37. The highest BCUT2D eigenvalue weighted by molar-refractivity contribution is 6.02. The first-order chi connectivity index (χ1) is 30.7. The zero-order valence-electron chi connectivity index (χ0n) is 36.0. The smallest absolute Gasteiger partial charge is 0.0715 e. The Labute approximate surface area is 369 Å². The Balaban J connectivity index is 0.988. The lowest BCUT2D eigenvalue weighted by Gasteiger charge is -2.30. The molecule has 0 fully saturated rings. The van der Waals surface area contributed by atoms with E-state index in [-0.39, 0.29) is 10.8 Å². The fourth-order valence-corrected chi connectivity index (χ4v) is 10.8. The first-order valence-corrected chi connectivity index (χ1v) is 22.1. The summed E-state index contributed by atoms with van der Waals surface area (Å²) in [5.41, 5.74) is 21.7. The molecule has 2 heteroatoms. The molecule has 2 aliphatic carbocycles. The molecule has 0 unspecified atom stereocenters. The standard InChI is InChI=1S/C61H46N2/c1-60(2)54-22-12-9-19-48(54)50-33-31-44(36-56(50)60)63(45-32-34-51-49-20-10-13-23-55(49)61(3,4)57(51)37-45)43-29-27-40(28-30-43)59-38-53(52-21-11-14-24-58(52)62-59)47-18-8-7-17-46(47)42-26-25-39-15-5-6-16-41(39)35-42/h5-38H,1-4H3. The number of rotatable bonds is 6. The summed E-state index contributed by atoms with van der Waals surface area (Å²) in [6.07, 6.45) is 0. The predicted molar refractivity (Wildman–Crippen MR) is 265 cm³/mol. The van der Waals surface area contributed by atoms with Crippen molar-refractivity contribution in [2.24, 2.45) is 0 Å². The molecule has 10 aromatic rings. The van der Waals surface area contributed by atoms with Crippen LogP contribution in [0.15, 0.2) is 206 Å². The van der Waals surface area contributed by atoms with Gasteiger partial charge in [0.2, 0.25) is 0 Å². The van der Waals surface area contributed by atoms with Gasteiger partial charge in [-0.05, 0) is 132 Å². The van der Waals surface area contributed by atoms with Crippen molar-refractivity contribution in [3.63, 3.8) is 0 Å². The molecule has 63 heavy (non-hydrogen) atoms. The third-order valence-corrected chi connectivity index (χ3v) is 14.1. The van der Waals surface area contributed by atoms with Gasteiger partial charge in [0.15, 0.2) is 0 Å². The van der Waals surface area contributed by atoms with Gasteiger partial charge in [-0.15, -0.1) is 0 Å². The lowest BCUT2D eigenvalue weighted by atomic mass is 9.82. The molecule has 9 aromatic carbocycles. The number of anilines is 3. The first-order valence-electron chi connectivity index (χ1n) is 22.1. The Morgan fingerprint density at radius 3 is 1.48 bits per heavy atom. The van der Waals surface area contributed by atoms with Crippen molar-refractivity contribution in [2.45, 2.75) is 38.5 Å². The summed E-state index contributed by atoms with van der Waals surface area (Å²) >= 11 is 0. The van der Waals surface area contributed by atoms with Crippen molar-refractivity contribution in [2.75, 3.05) is 4.90 Å². The summed E-state index contributed by atoms with van der Waals surface area (Å²) in [5, 5.41) is 3.62. The largest absolute Gasteiger partial charge is 0.310 e. The van der Waals surface area contributed by atoms with Crippen LogP contribution in [0.4, 0.5) is 17.1 Å². The van der Waals surface area contributed by atoms with Crippen LogP contribution >= 0.6 is 0 Å². The number of benzene rings is 9. The molecule has 0 atom stereocenters. The zero-order valence-corrected chi connectivity index (χ0v) is 36.0. The van der Waals surface area contributed by atoms with Gasteiger partial charge in [0.05, 0.1) is 11.2 Å². The summed E-state index contributed by atoms with van der Waals surface area (Å²) in [5.74, 6) is 0. The van der Waals surface area contributed by atoms with E-state index in [1.54, 1.807) is 0 Å². The van der Waals surface area contributed by atoms with Gasteiger partial charge in [0, 0.05) is 38.8 Å². The van der Waals surface area contributed by atoms with E-state index >= 15 is 0 Å². The van der Waals surface area contributed by atoms with Crippen LogP contribution in [0.5, 0.6) is 0 Å². The second-order valence-electron chi connectivity index (χ2n) is 18.4. The Kier molecular flexibility index (Phi) is 8.27. The second-order valence-corrected chi connectivity index (χ2v) is 18.4. The maximum Gasteiger partial charge on any atom is 0.0715 e. The molecular weight excluding hydrogens is 761 g/mol. The molecule has 0 saturated heterocycles. The Morgan fingerprint density at radius 1 is 0.333 bits per heavy atom. The van der Waals surface area contributed by atoms with Crippen LogP contribution in [-0.2, 0) is 10.8 Å². The molecule has 0 spiro atoms. The summed E-state index contributed by atoms with van der Waals surface area (Å²) in [4.78, 5) is 7.75. The number of aromatic nitrogens is 1. The monoisotopic (exact) mass is 806 g/mol. The Hall–Kier alpha value is -7.55. The van der Waals surface area contributed by atoms with Gasteiger partial charge in [0.25, 0.3) is 0 Å². The van der Waals surface area contributed by atoms with Crippen molar-refractivity contribution in [1.29, 1.82) is 0 Å². The fraction of sp³-hybridized carbons (Fsp3) is 0.0984. The van der Waals surface area contributed by atoms with E-state index in [0.717, 1.165) is 39.2 Å². The van der Waals surface area contributed by atoms with E-state index in [0.29, 0.717) is 0 Å². The van der Waals surface area contributed by atoms with Gasteiger partial charge >= 0.3 is 0 Å². The third-order valence-electron chi connectivity index (χ3n) is 14.1. The SMILES string of the molecule is CC1(C)c2ccccc2-c2ccc(N(c3ccc(-c4cc(-c5ccccc5-c5ccc6ccccc6c5)c5ccccc5n4)cc3)c3ccc4c(c3)C(C)(C)c3ccccc3-4)cc21. The quantitative estimate of drug-likeness (QED) is 0.166. The number of hydrogen-bond donors (Lipinski definition) is 0. The number of para-hydroxylation sites is 1. The van der Waals surface area contributed by atoms with Gasteiger partial charge in [-0.25, -0.2) is 4.98 Å². The number of hydrogen-bond acceptors (Lipinski definition) is 2. The normalized spacial score (nSPS) is 14.0. The maximum absolute atomic E-state index is 5.30. The molecule has 300 valence electrons. The highest BCUT2D eigenvalue weighted by Crippen LogP contribution is 2.53. The van der Waals surface area contributed by atoms with Gasteiger partial charge in [-0.3, -0.25) is 0 Å². The molecule has 0 amide bonds. The molecule has 0 radical (unpaired) electrons. The third kappa shape index (κ3) is 5.82. The molecule has 0 saturated carbocycles. The van der Waals surface area contributed by atoms with E-state index < -0.39 is 0 Å². The Morgan fingerprint density at radius 2 is 0.825 bits per heavy atom. The topological polar surface area (TPSA) is 16.1 Å². The molecule has 1 heterocycles. The predicted octanol–water partition coefficient (Wildman–Crippen LogP) is 16.5. The summed E-state index contributed by atoms with van der Waals surface area (Å²) in [6.45, 7) is 9.45. The maximum atomic E-state index is 5.30. The zero-order chi connectivity index (χ0) is 42.5. The van der Waals surface area contributed by atoms with Crippen LogP contribution in [0.2, 0.25) is 0 Å². The molecule has 0 N–H and O–H groups in total. The van der Waals surface area contributed by atoms with Crippen molar-refractivity contribution in [3.05, 3.63) is 229 Å². The molecule has 1 aromatic heterocycles. The number of fused-ring (bicyclic) bond motifs is 8. The van der Waals surface area contributed by atoms with Crippen molar-refractivity contribution in [1.82, 2.24) is 4.98 Å². The van der Waals surface area contributed by atoms with Gasteiger partial charge < -0.3 is 4.90 Å². The lowest BCUT2D eigenvalue weighted by molar-refractivity contribution is 0.660.